The van der Waals surface area contributed by atoms with Gasteiger partial charge in [0.15, 0.2) is 0 Å². The van der Waals surface area contributed by atoms with Gasteiger partial charge in [0, 0.05) is 48.4 Å². The fourth-order valence-electron chi connectivity index (χ4n) is 4.72. The molecule has 0 N–H and O–H groups in total. The third kappa shape index (κ3) is 5.31. The number of hydrogen-bond donors (Lipinski definition) is 0. The molecule has 2 saturated heterocycles. The van der Waals surface area contributed by atoms with Crippen molar-refractivity contribution in [2.75, 3.05) is 44.2 Å². The molecule has 0 aliphatic carbocycles. The largest absolute Gasteiger partial charge is 0.368 e. The van der Waals surface area contributed by atoms with Crippen LogP contribution in [-0.4, -0.2) is 65.1 Å². The second-order valence-electron chi connectivity index (χ2n) is 8.88. The van der Waals surface area contributed by atoms with Crippen LogP contribution in [0, 0.1) is 11.7 Å². The van der Waals surface area contributed by atoms with E-state index in [1.807, 2.05) is 29.2 Å². The molecule has 34 heavy (non-hydrogen) atoms. The van der Waals surface area contributed by atoms with Gasteiger partial charge in [-0.25, -0.2) is 4.39 Å². The van der Waals surface area contributed by atoms with Gasteiger partial charge >= 0.3 is 0 Å². The van der Waals surface area contributed by atoms with E-state index in [0.717, 1.165) is 48.2 Å². The highest BCUT2D eigenvalue weighted by atomic mass is 79.9. The number of benzene rings is 2. The summed E-state index contributed by atoms with van der Waals surface area (Å²) in [6, 6.07) is 14.4. The zero-order valence-electron chi connectivity index (χ0n) is 18.9. The molecule has 5 rings (SSSR count). The van der Waals surface area contributed by atoms with E-state index < -0.39 is 0 Å². The molecular weight excluding hydrogens is 501 g/mol. The van der Waals surface area contributed by atoms with Crippen molar-refractivity contribution in [3.8, 4) is 11.4 Å². The molecule has 2 aromatic carbocycles. The number of amides is 1. The first kappa shape index (κ1) is 23.0. The van der Waals surface area contributed by atoms with E-state index in [-0.39, 0.29) is 17.6 Å². The molecule has 0 spiro atoms. The van der Waals surface area contributed by atoms with Gasteiger partial charge in [0.25, 0.3) is 0 Å². The average molecular weight is 528 g/mol. The number of halogens is 2. The second kappa shape index (κ2) is 10.2. The number of piperazine rings is 1. The molecule has 178 valence electrons. The molecule has 1 atom stereocenters. The first-order valence-corrected chi connectivity index (χ1v) is 12.4. The molecule has 1 aromatic heterocycles. The molecule has 1 unspecified atom stereocenters. The molecule has 2 aliphatic rings. The lowest BCUT2D eigenvalue weighted by Crippen LogP contribution is -2.52. The van der Waals surface area contributed by atoms with E-state index in [0.29, 0.717) is 37.9 Å². The van der Waals surface area contributed by atoms with Crippen molar-refractivity contribution in [2.24, 2.45) is 5.92 Å². The predicted octanol–water partition coefficient (Wildman–Crippen LogP) is 4.20. The summed E-state index contributed by atoms with van der Waals surface area (Å²) in [6.45, 7) is 5.06. The van der Waals surface area contributed by atoms with Gasteiger partial charge in [-0.1, -0.05) is 21.1 Å². The molecule has 0 bridgehead atoms. The van der Waals surface area contributed by atoms with Gasteiger partial charge in [-0.2, -0.15) is 4.98 Å². The molecule has 3 aromatic rings. The van der Waals surface area contributed by atoms with Gasteiger partial charge in [0.1, 0.15) is 5.82 Å². The standard InChI is InChI=1S/C25H27BrFN5O2/c26-20-5-3-18(4-6-20)24-28-23(34-29-24)17-30-11-1-2-19(16-30)25(33)32-14-12-31(13-15-32)22-9-7-21(27)8-10-22/h3-10,19H,1-2,11-17H2. The second-order valence-corrected chi connectivity index (χ2v) is 9.80. The van der Waals surface area contributed by atoms with Crippen molar-refractivity contribution in [1.29, 1.82) is 0 Å². The Morgan fingerprint density at radius 2 is 1.76 bits per heavy atom. The van der Waals surface area contributed by atoms with Crippen LogP contribution >= 0.6 is 15.9 Å². The lowest BCUT2D eigenvalue weighted by Gasteiger charge is -2.39. The first-order chi connectivity index (χ1) is 16.5. The van der Waals surface area contributed by atoms with Crippen LogP contribution in [0.5, 0.6) is 0 Å². The SMILES string of the molecule is O=C(C1CCCN(Cc2nc(-c3ccc(Br)cc3)no2)C1)N1CCN(c2ccc(F)cc2)CC1. The summed E-state index contributed by atoms with van der Waals surface area (Å²) in [4.78, 5) is 24.2. The Labute approximate surface area is 206 Å². The van der Waals surface area contributed by atoms with Gasteiger partial charge in [0.2, 0.25) is 17.6 Å². The third-order valence-electron chi connectivity index (χ3n) is 6.57. The molecule has 0 saturated carbocycles. The topological polar surface area (TPSA) is 65.7 Å². The Morgan fingerprint density at radius 3 is 2.50 bits per heavy atom. The minimum atomic E-state index is -0.232. The van der Waals surface area contributed by atoms with Crippen LogP contribution in [0.1, 0.15) is 18.7 Å². The van der Waals surface area contributed by atoms with E-state index in [1.54, 1.807) is 12.1 Å². The molecule has 1 amide bonds. The monoisotopic (exact) mass is 527 g/mol. The van der Waals surface area contributed by atoms with Gasteiger partial charge in [-0.15, -0.1) is 0 Å². The maximum atomic E-state index is 13.2. The van der Waals surface area contributed by atoms with Crippen LogP contribution in [0.15, 0.2) is 57.5 Å². The summed E-state index contributed by atoms with van der Waals surface area (Å²) in [5.74, 6) is 1.12. The minimum Gasteiger partial charge on any atom is -0.368 e. The van der Waals surface area contributed by atoms with Crippen LogP contribution in [0.25, 0.3) is 11.4 Å². The van der Waals surface area contributed by atoms with Crippen molar-refractivity contribution in [3.05, 3.63) is 64.7 Å². The predicted molar refractivity (Wildman–Crippen MR) is 131 cm³/mol. The highest BCUT2D eigenvalue weighted by Gasteiger charge is 2.31. The lowest BCUT2D eigenvalue weighted by atomic mass is 9.96. The molecular formula is C25H27BrFN5O2. The van der Waals surface area contributed by atoms with Gasteiger partial charge in [-0.3, -0.25) is 9.69 Å². The number of nitrogens with zero attached hydrogens (tertiary/aromatic N) is 5. The smallest absolute Gasteiger partial charge is 0.241 e. The van der Waals surface area contributed by atoms with Crippen molar-refractivity contribution in [1.82, 2.24) is 19.9 Å². The summed E-state index contributed by atoms with van der Waals surface area (Å²) in [7, 11) is 0. The average Bonchev–Trinajstić information content (AvgIpc) is 3.33. The maximum Gasteiger partial charge on any atom is 0.241 e. The number of carbonyl (C=O) groups is 1. The Hall–Kier alpha value is -2.78. The lowest BCUT2D eigenvalue weighted by molar-refractivity contribution is -0.137. The molecule has 9 heteroatoms. The zero-order chi connectivity index (χ0) is 23.5. The van der Waals surface area contributed by atoms with Crippen LogP contribution in [-0.2, 0) is 11.3 Å². The Morgan fingerprint density at radius 1 is 1.03 bits per heavy atom. The summed E-state index contributed by atoms with van der Waals surface area (Å²) in [6.07, 6.45) is 1.88. The van der Waals surface area contributed by atoms with Gasteiger partial charge in [-0.05, 0) is 67.9 Å². The normalized spacial score (nSPS) is 19.4. The van der Waals surface area contributed by atoms with Crippen molar-refractivity contribution < 1.29 is 13.7 Å². The first-order valence-electron chi connectivity index (χ1n) is 11.7. The number of piperidine rings is 1. The highest BCUT2D eigenvalue weighted by Crippen LogP contribution is 2.24. The van der Waals surface area contributed by atoms with E-state index in [4.69, 9.17) is 4.52 Å². The maximum absolute atomic E-state index is 13.2. The third-order valence-corrected chi connectivity index (χ3v) is 7.10. The van der Waals surface area contributed by atoms with Crippen molar-refractivity contribution in [2.45, 2.75) is 19.4 Å². The van der Waals surface area contributed by atoms with Crippen molar-refractivity contribution in [3.63, 3.8) is 0 Å². The number of aromatic nitrogens is 2. The Bertz CT molecular complexity index is 1110. The Kier molecular flexibility index (Phi) is 6.92. The van der Waals surface area contributed by atoms with Crippen LogP contribution < -0.4 is 4.90 Å². The number of likely N-dealkylation sites (tertiary alicyclic amines) is 1. The summed E-state index contributed by atoms with van der Waals surface area (Å²) >= 11 is 3.43. The summed E-state index contributed by atoms with van der Waals surface area (Å²) < 4.78 is 19.7. The van der Waals surface area contributed by atoms with E-state index >= 15 is 0 Å². The summed E-state index contributed by atoms with van der Waals surface area (Å²) in [5, 5.41) is 4.12. The fraction of sp³-hybridized carbons (Fsp3) is 0.400. The zero-order valence-corrected chi connectivity index (χ0v) is 20.5. The molecule has 2 fully saturated rings. The van der Waals surface area contributed by atoms with Crippen LogP contribution in [0.3, 0.4) is 0 Å². The number of carbonyl (C=O) groups excluding carboxylic acids is 1. The Balaban J connectivity index is 1.14. The van der Waals surface area contributed by atoms with Crippen LogP contribution in [0.4, 0.5) is 10.1 Å². The molecule has 7 nitrogen and oxygen atoms in total. The number of hydrogen-bond acceptors (Lipinski definition) is 6. The van der Waals surface area contributed by atoms with E-state index in [9.17, 15) is 9.18 Å². The van der Waals surface area contributed by atoms with Gasteiger partial charge in [0.05, 0.1) is 12.5 Å². The molecule has 2 aliphatic heterocycles. The number of rotatable bonds is 5. The van der Waals surface area contributed by atoms with Crippen LogP contribution in [0.2, 0.25) is 0 Å². The quantitative estimate of drug-likeness (QED) is 0.495. The molecule has 0 radical (unpaired) electrons. The summed E-state index contributed by atoms with van der Waals surface area (Å²) in [5.41, 5.74) is 1.91. The highest BCUT2D eigenvalue weighted by molar-refractivity contribution is 9.10. The molecule has 3 heterocycles. The van der Waals surface area contributed by atoms with Crippen molar-refractivity contribution >= 4 is 27.5 Å². The van der Waals surface area contributed by atoms with E-state index in [2.05, 4.69) is 35.9 Å². The fourth-order valence-corrected chi connectivity index (χ4v) is 4.99. The minimum absolute atomic E-state index is 0.0139. The van der Waals surface area contributed by atoms with Gasteiger partial charge < -0.3 is 14.3 Å². The number of anilines is 1. The van der Waals surface area contributed by atoms with E-state index in [1.165, 1.54) is 12.1 Å².